The Bertz CT molecular complexity index is 642. The van der Waals surface area contributed by atoms with Crippen LogP contribution >= 0.6 is 0 Å². The normalized spacial score (nSPS) is 11.6. The van der Waals surface area contributed by atoms with Gasteiger partial charge in [-0.05, 0) is 11.6 Å². The van der Waals surface area contributed by atoms with Gasteiger partial charge in [-0.1, -0.05) is 30.3 Å². The summed E-state index contributed by atoms with van der Waals surface area (Å²) in [4.78, 5) is 3.86. The zero-order valence-corrected chi connectivity index (χ0v) is 11.8. The molecule has 0 saturated carbocycles. The molecule has 4 nitrogen and oxygen atoms in total. The molecule has 2 rings (SSSR count). The van der Waals surface area contributed by atoms with E-state index in [-0.39, 0.29) is 11.7 Å². The second kappa shape index (κ2) is 6.93. The van der Waals surface area contributed by atoms with Crippen molar-refractivity contribution in [1.29, 1.82) is 0 Å². The lowest BCUT2D eigenvalue weighted by Crippen LogP contribution is -2.07. The average molecular weight is 309 g/mol. The molecule has 1 heterocycles. The summed E-state index contributed by atoms with van der Waals surface area (Å²) in [5.74, 6) is -0.161. The lowest BCUT2D eigenvalue weighted by atomic mass is 10.2. The fourth-order valence-corrected chi connectivity index (χ4v) is 1.71. The Balaban J connectivity index is 2.06. The van der Waals surface area contributed by atoms with E-state index in [0.717, 1.165) is 17.7 Å². The maximum Gasteiger partial charge on any atom is 0.416 e. The smallest absolute Gasteiger partial charge is 0.416 e. The molecule has 1 aromatic carbocycles. The third-order valence-electron chi connectivity index (χ3n) is 2.78. The summed E-state index contributed by atoms with van der Waals surface area (Å²) >= 11 is 0. The van der Waals surface area contributed by atoms with Crippen LogP contribution < -0.4 is 10.2 Å². The van der Waals surface area contributed by atoms with Crippen molar-refractivity contribution >= 4 is 12.0 Å². The number of ether oxygens (including phenoxy) is 1. The van der Waals surface area contributed by atoms with Gasteiger partial charge in [-0.15, -0.1) is 0 Å². The topological polar surface area (TPSA) is 46.5 Å². The molecular weight excluding hydrogens is 295 g/mol. The minimum absolute atomic E-state index is 0.0315. The Morgan fingerprint density at radius 1 is 1.23 bits per heavy atom. The van der Waals surface area contributed by atoms with Crippen LogP contribution in [0.15, 0.2) is 47.6 Å². The fraction of sp³-hybridized carbons (Fsp3) is 0.200. The van der Waals surface area contributed by atoms with Gasteiger partial charge < -0.3 is 4.74 Å². The lowest BCUT2D eigenvalue weighted by molar-refractivity contribution is -0.137. The molecule has 0 unspecified atom stereocenters. The highest BCUT2D eigenvalue weighted by Crippen LogP contribution is 2.32. The van der Waals surface area contributed by atoms with Crippen molar-refractivity contribution in [3.05, 3.63) is 53.6 Å². The molecule has 0 radical (unpaired) electrons. The number of rotatable bonds is 5. The summed E-state index contributed by atoms with van der Waals surface area (Å²) < 4.78 is 43.0. The second-order valence-corrected chi connectivity index (χ2v) is 4.39. The molecule has 22 heavy (non-hydrogen) atoms. The molecule has 0 aliphatic carbocycles. The van der Waals surface area contributed by atoms with Crippen LogP contribution in [-0.2, 0) is 12.6 Å². The molecule has 0 aliphatic rings. The van der Waals surface area contributed by atoms with Gasteiger partial charge in [-0.3, -0.25) is 5.43 Å². The van der Waals surface area contributed by atoms with E-state index >= 15 is 0 Å². The Morgan fingerprint density at radius 3 is 2.59 bits per heavy atom. The summed E-state index contributed by atoms with van der Waals surface area (Å²) in [5.41, 5.74) is 2.68. The van der Waals surface area contributed by atoms with Crippen LogP contribution in [0, 0.1) is 0 Å². The van der Waals surface area contributed by atoms with Crippen LogP contribution in [0.2, 0.25) is 0 Å². The van der Waals surface area contributed by atoms with E-state index in [4.69, 9.17) is 4.74 Å². The molecule has 2 aromatic rings. The second-order valence-electron chi connectivity index (χ2n) is 4.39. The van der Waals surface area contributed by atoms with Crippen molar-refractivity contribution in [1.82, 2.24) is 4.98 Å². The van der Waals surface area contributed by atoms with Crippen molar-refractivity contribution in [3.63, 3.8) is 0 Å². The van der Waals surface area contributed by atoms with Crippen molar-refractivity contribution < 1.29 is 17.9 Å². The molecular formula is C15H14F3N3O. The molecule has 0 aliphatic heterocycles. The zero-order valence-electron chi connectivity index (χ0n) is 11.8. The van der Waals surface area contributed by atoms with Gasteiger partial charge in [-0.2, -0.15) is 23.3 Å². The molecule has 116 valence electrons. The van der Waals surface area contributed by atoms with Gasteiger partial charge >= 0.3 is 6.18 Å². The van der Waals surface area contributed by atoms with Gasteiger partial charge in [0.1, 0.15) is 0 Å². The van der Waals surface area contributed by atoms with Crippen LogP contribution in [0.1, 0.15) is 11.1 Å². The predicted molar refractivity (Wildman–Crippen MR) is 78.1 cm³/mol. The number of pyridine rings is 1. The van der Waals surface area contributed by atoms with Crippen molar-refractivity contribution in [2.45, 2.75) is 12.6 Å². The molecule has 0 spiro atoms. The van der Waals surface area contributed by atoms with E-state index in [0.29, 0.717) is 6.42 Å². The van der Waals surface area contributed by atoms with E-state index in [9.17, 15) is 13.2 Å². The van der Waals surface area contributed by atoms with Crippen LogP contribution in [0.3, 0.4) is 0 Å². The molecule has 0 fully saturated rings. The maximum absolute atomic E-state index is 12.7. The third kappa shape index (κ3) is 4.47. The van der Waals surface area contributed by atoms with Crippen LogP contribution in [-0.4, -0.2) is 18.3 Å². The van der Waals surface area contributed by atoms with E-state index in [2.05, 4.69) is 15.5 Å². The number of benzene rings is 1. The Labute approximate surface area is 125 Å². The maximum atomic E-state index is 12.7. The largest absolute Gasteiger partial charge is 0.481 e. The predicted octanol–water partition coefficient (Wildman–Crippen LogP) is 3.75. The van der Waals surface area contributed by atoms with Gasteiger partial charge in [0.2, 0.25) is 5.88 Å². The molecule has 0 amide bonds. The molecule has 7 heteroatoms. The Kier molecular flexibility index (Phi) is 4.98. The summed E-state index contributed by atoms with van der Waals surface area (Å²) in [7, 11) is 1.25. The van der Waals surface area contributed by atoms with E-state index < -0.39 is 11.7 Å². The number of halogens is 3. The number of hydrogen-bond acceptors (Lipinski definition) is 4. The minimum atomic E-state index is -4.47. The zero-order chi connectivity index (χ0) is 16.0. The van der Waals surface area contributed by atoms with E-state index in [1.807, 2.05) is 30.3 Å². The summed E-state index contributed by atoms with van der Waals surface area (Å²) in [6.07, 6.45) is -2.35. The highest BCUT2D eigenvalue weighted by Gasteiger charge is 2.31. The first-order valence-electron chi connectivity index (χ1n) is 6.44. The quantitative estimate of drug-likeness (QED) is 0.676. The molecule has 0 bridgehead atoms. The fourth-order valence-electron chi connectivity index (χ4n) is 1.71. The summed E-state index contributed by atoms with van der Waals surface area (Å²) in [6, 6.07) is 11.3. The number of alkyl halides is 3. The standard InChI is InChI=1S/C15H14F3N3O/c1-22-14-10-12(15(16,17)18)9-13(20-14)21-19-8-7-11-5-3-2-4-6-11/h2-6,8-10H,7H2,1H3,(H,20,21). The molecule has 1 N–H and O–H groups in total. The minimum Gasteiger partial charge on any atom is -0.481 e. The first kappa shape index (κ1) is 15.8. The van der Waals surface area contributed by atoms with Gasteiger partial charge in [0.25, 0.3) is 0 Å². The van der Waals surface area contributed by atoms with Crippen molar-refractivity contribution in [2.75, 3.05) is 12.5 Å². The van der Waals surface area contributed by atoms with Crippen LogP contribution in [0.5, 0.6) is 5.88 Å². The number of nitrogens with one attached hydrogen (secondary N) is 1. The Hall–Kier alpha value is -2.57. The first-order valence-corrected chi connectivity index (χ1v) is 6.44. The number of hydrazone groups is 1. The third-order valence-corrected chi connectivity index (χ3v) is 2.78. The van der Waals surface area contributed by atoms with Gasteiger partial charge in [-0.25, -0.2) is 0 Å². The number of methoxy groups -OCH3 is 1. The van der Waals surface area contributed by atoms with E-state index in [1.54, 1.807) is 6.21 Å². The molecule has 1 aromatic heterocycles. The first-order chi connectivity index (χ1) is 10.5. The molecule has 0 atom stereocenters. The SMILES string of the molecule is COc1cc(C(F)(F)F)cc(NN=CCc2ccccc2)n1. The Morgan fingerprint density at radius 2 is 1.95 bits per heavy atom. The number of nitrogens with zero attached hydrogens (tertiary/aromatic N) is 2. The number of hydrogen-bond donors (Lipinski definition) is 1. The van der Waals surface area contributed by atoms with Crippen LogP contribution in [0.4, 0.5) is 19.0 Å². The van der Waals surface area contributed by atoms with Gasteiger partial charge in [0, 0.05) is 18.7 Å². The van der Waals surface area contributed by atoms with Gasteiger partial charge in [0.05, 0.1) is 12.7 Å². The highest BCUT2D eigenvalue weighted by atomic mass is 19.4. The lowest BCUT2D eigenvalue weighted by Gasteiger charge is -2.10. The molecule has 0 saturated heterocycles. The van der Waals surface area contributed by atoms with Crippen molar-refractivity contribution in [3.8, 4) is 5.88 Å². The monoisotopic (exact) mass is 309 g/mol. The van der Waals surface area contributed by atoms with Gasteiger partial charge in [0.15, 0.2) is 5.82 Å². The van der Waals surface area contributed by atoms with Crippen molar-refractivity contribution in [2.24, 2.45) is 5.10 Å². The summed E-state index contributed by atoms with van der Waals surface area (Å²) in [5, 5.41) is 3.88. The van der Waals surface area contributed by atoms with Crippen LogP contribution in [0.25, 0.3) is 0 Å². The summed E-state index contributed by atoms with van der Waals surface area (Å²) in [6.45, 7) is 0. The van der Waals surface area contributed by atoms with E-state index in [1.165, 1.54) is 7.11 Å². The number of aromatic nitrogens is 1. The highest BCUT2D eigenvalue weighted by molar-refractivity contribution is 5.62. The number of anilines is 1. The average Bonchev–Trinajstić information content (AvgIpc) is 2.51.